The van der Waals surface area contributed by atoms with Crippen LogP contribution >= 0.6 is 22.3 Å². The summed E-state index contributed by atoms with van der Waals surface area (Å²) in [5, 5.41) is 6.18. The Morgan fingerprint density at radius 1 is 0.864 bits per heavy atom. The van der Waals surface area contributed by atoms with Crippen LogP contribution in [0.15, 0.2) is 94.4 Å². The molecule has 6 nitrogen and oxygen atoms in total. The SMILES string of the molecule is Cc1cc(-c2nn(-c3ccccc3)c3c2P(=S)(N2CCCCCC2)OC(c2ccc(Br)cc2)=N3)c(C)n1-c1ccc(F)cc1. The fourth-order valence-electron chi connectivity index (χ4n) is 6.19. The Kier molecular flexibility index (Phi) is 7.91. The second-order valence-corrected chi connectivity index (χ2v) is 15.9. The van der Waals surface area contributed by atoms with E-state index in [1.54, 1.807) is 12.1 Å². The van der Waals surface area contributed by atoms with E-state index in [0.717, 1.165) is 81.1 Å². The third kappa shape index (κ3) is 5.20. The lowest BCUT2D eigenvalue weighted by atomic mass is 10.2. The molecule has 1 fully saturated rings. The van der Waals surface area contributed by atoms with Crippen LogP contribution in [0.25, 0.3) is 22.6 Å². The Hall–Kier alpha value is -3.36. The van der Waals surface area contributed by atoms with Crippen LogP contribution in [0.4, 0.5) is 10.2 Å². The van der Waals surface area contributed by atoms with Crippen molar-refractivity contribution in [2.24, 2.45) is 4.99 Å². The Balaban J connectivity index is 1.51. The van der Waals surface area contributed by atoms with Crippen molar-refractivity contribution in [1.82, 2.24) is 19.0 Å². The maximum absolute atomic E-state index is 13.8. The number of rotatable bonds is 5. The number of fused-ring (bicyclic) bond motifs is 1. The second-order valence-electron chi connectivity index (χ2n) is 11.3. The highest BCUT2D eigenvalue weighted by atomic mass is 79.9. The van der Waals surface area contributed by atoms with E-state index >= 15 is 0 Å². The predicted octanol–water partition coefficient (Wildman–Crippen LogP) is 8.77. The van der Waals surface area contributed by atoms with E-state index in [1.165, 1.54) is 25.0 Å². The molecule has 0 bridgehead atoms. The summed E-state index contributed by atoms with van der Waals surface area (Å²) in [4.78, 5) is 5.17. The molecular formula is C34H32BrFN5OPS. The molecule has 0 spiro atoms. The average molecular weight is 689 g/mol. The minimum Gasteiger partial charge on any atom is -0.431 e. The van der Waals surface area contributed by atoms with Crippen molar-refractivity contribution in [2.45, 2.75) is 39.5 Å². The van der Waals surface area contributed by atoms with Crippen molar-refractivity contribution >= 4 is 51.2 Å². The normalized spacial score (nSPS) is 18.8. The summed E-state index contributed by atoms with van der Waals surface area (Å²) in [7, 11) is 0. The number of halogens is 2. The van der Waals surface area contributed by atoms with Crippen LogP contribution in [0.3, 0.4) is 0 Å². The zero-order chi connectivity index (χ0) is 30.4. The molecule has 7 rings (SSSR count). The third-order valence-corrected chi connectivity index (χ3v) is 12.9. The molecule has 2 aliphatic heterocycles. The van der Waals surface area contributed by atoms with Crippen LogP contribution < -0.4 is 5.30 Å². The predicted molar refractivity (Wildman–Crippen MR) is 183 cm³/mol. The zero-order valence-electron chi connectivity index (χ0n) is 24.6. The molecule has 2 aliphatic rings. The highest BCUT2D eigenvalue weighted by Gasteiger charge is 2.43. The average Bonchev–Trinajstić information content (AvgIpc) is 3.40. The lowest BCUT2D eigenvalue weighted by Crippen LogP contribution is -2.32. The summed E-state index contributed by atoms with van der Waals surface area (Å²) in [6.07, 6.45) is 1.64. The van der Waals surface area contributed by atoms with Crippen molar-refractivity contribution in [3.63, 3.8) is 0 Å². The van der Waals surface area contributed by atoms with Crippen LogP contribution in [0.2, 0.25) is 0 Å². The fraction of sp³-hybridized carbons (Fsp3) is 0.235. The standard InChI is InChI=1S/C34H32BrFN5OPS/c1-23-22-30(24(2)40(23)28-18-16-27(36)17-19-28)31-32-33(41(38-31)29-10-6-5-7-11-29)37-34(25-12-14-26(35)15-13-25)42-43(32,44)39-20-8-3-4-9-21-39/h5-7,10-19,22H,3-4,8-9,20-21H2,1-2H3. The molecule has 2 aromatic heterocycles. The first-order chi connectivity index (χ1) is 21.3. The van der Waals surface area contributed by atoms with Gasteiger partial charge in [-0.3, -0.25) is 0 Å². The van der Waals surface area contributed by atoms with Crippen molar-refractivity contribution < 1.29 is 8.91 Å². The van der Waals surface area contributed by atoms with Crippen molar-refractivity contribution in [2.75, 3.05) is 13.1 Å². The van der Waals surface area contributed by atoms with Crippen molar-refractivity contribution in [3.05, 3.63) is 112 Å². The molecule has 224 valence electrons. The molecule has 5 aromatic rings. The second kappa shape index (κ2) is 11.9. The van der Waals surface area contributed by atoms with Gasteiger partial charge in [-0.2, -0.15) is 10.1 Å². The lowest BCUT2D eigenvalue weighted by Gasteiger charge is -2.36. The first kappa shape index (κ1) is 29.4. The van der Waals surface area contributed by atoms with Crippen LogP contribution in [0.5, 0.6) is 0 Å². The van der Waals surface area contributed by atoms with Gasteiger partial charge >= 0.3 is 0 Å². The van der Waals surface area contributed by atoms with Gasteiger partial charge in [-0.1, -0.05) is 47.0 Å². The van der Waals surface area contributed by atoms with Gasteiger partial charge in [0.15, 0.2) is 5.82 Å². The number of aliphatic imine (C=N–C) groups is 1. The molecule has 0 aliphatic carbocycles. The first-order valence-corrected chi connectivity index (χ1v) is 18.3. The van der Waals surface area contributed by atoms with E-state index in [0.29, 0.717) is 5.90 Å². The topological polar surface area (TPSA) is 47.6 Å². The van der Waals surface area contributed by atoms with E-state index in [1.807, 2.05) is 59.3 Å². The Bertz CT molecular complexity index is 1910. The van der Waals surface area contributed by atoms with Crippen LogP contribution in [0.1, 0.15) is 42.6 Å². The maximum Gasteiger partial charge on any atom is 0.227 e. The van der Waals surface area contributed by atoms with Gasteiger partial charge in [0.2, 0.25) is 12.3 Å². The minimum atomic E-state index is -2.86. The Labute approximate surface area is 270 Å². The van der Waals surface area contributed by atoms with E-state index in [4.69, 9.17) is 26.4 Å². The van der Waals surface area contributed by atoms with Crippen LogP contribution in [-0.2, 0) is 16.3 Å². The van der Waals surface area contributed by atoms with Gasteiger partial charge in [-0.15, -0.1) is 0 Å². The number of hydrogen-bond acceptors (Lipinski definition) is 4. The maximum atomic E-state index is 13.8. The monoisotopic (exact) mass is 687 g/mol. The van der Waals surface area contributed by atoms with E-state index in [-0.39, 0.29) is 5.82 Å². The molecule has 4 heterocycles. The van der Waals surface area contributed by atoms with Gasteiger partial charge < -0.3 is 9.09 Å². The largest absolute Gasteiger partial charge is 0.431 e. The quantitative estimate of drug-likeness (QED) is 0.173. The van der Waals surface area contributed by atoms with Crippen molar-refractivity contribution in [3.8, 4) is 22.6 Å². The molecular weight excluding hydrogens is 656 g/mol. The van der Waals surface area contributed by atoms with E-state index < -0.39 is 6.42 Å². The molecule has 10 heteroatoms. The molecule has 1 atom stereocenters. The van der Waals surface area contributed by atoms with Gasteiger partial charge in [0.1, 0.15) is 16.8 Å². The molecule has 44 heavy (non-hydrogen) atoms. The number of para-hydroxylation sites is 1. The molecule has 3 aromatic carbocycles. The smallest absolute Gasteiger partial charge is 0.227 e. The van der Waals surface area contributed by atoms with Crippen LogP contribution in [-0.4, -0.2) is 38.0 Å². The van der Waals surface area contributed by atoms with Gasteiger partial charge in [0, 0.05) is 45.8 Å². The number of nitrogens with zero attached hydrogens (tertiary/aromatic N) is 5. The molecule has 1 saturated heterocycles. The molecule has 0 N–H and O–H groups in total. The van der Waals surface area contributed by atoms with Gasteiger partial charge in [0.25, 0.3) is 0 Å². The van der Waals surface area contributed by atoms with Gasteiger partial charge in [-0.25, -0.2) is 13.7 Å². The Morgan fingerprint density at radius 3 is 2.23 bits per heavy atom. The summed E-state index contributed by atoms with van der Waals surface area (Å²) in [6.45, 7) is 5.88. The highest BCUT2D eigenvalue weighted by Crippen LogP contribution is 2.58. The molecule has 0 amide bonds. The fourth-order valence-corrected chi connectivity index (χ4v) is 10.2. The number of benzene rings is 3. The molecule has 1 unspecified atom stereocenters. The minimum absolute atomic E-state index is 0.262. The number of aromatic nitrogens is 3. The summed E-state index contributed by atoms with van der Waals surface area (Å²) >= 11 is 10.3. The van der Waals surface area contributed by atoms with Crippen LogP contribution in [0, 0.1) is 19.7 Å². The lowest BCUT2D eigenvalue weighted by molar-refractivity contribution is 0.425. The van der Waals surface area contributed by atoms with Gasteiger partial charge in [0.05, 0.1) is 5.69 Å². The molecule has 0 saturated carbocycles. The summed E-state index contributed by atoms with van der Waals surface area (Å²) in [5.74, 6) is 0.981. The van der Waals surface area contributed by atoms with Crippen molar-refractivity contribution in [1.29, 1.82) is 0 Å². The summed E-state index contributed by atoms with van der Waals surface area (Å²) in [5.41, 5.74) is 6.44. The third-order valence-electron chi connectivity index (χ3n) is 8.35. The Morgan fingerprint density at radius 2 is 1.55 bits per heavy atom. The number of hydrogen-bond donors (Lipinski definition) is 0. The number of aryl methyl sites for hydroxylation is 1. The summed E-state index contributed by atoms with van der Waals surface area (Å²) in [6, 6.07) is 26.8. The summed E-state index contributed by atoms with van der Waals surface area (Å²) < 4.78 is 28.3. The molecule has 0 radical (unpaired) electrons. The first-order valence-electron chi connectivity index (χ1n) is 14.9. The van der Waals surface area contributed by atoms with E-state index in [2.05, 4.69) is 45.1 Å². The van der Waals surface area contributed by atoms with Gasteiger partial charge in [-0.05, 0) is 105 Å². The zero-order valence-corrected chi connectivity index (χ0v) is 27.9. The highest BCUT2D eigenvalue weighted by molar-refractivity contribution is 9.10. The van der Waals surface area contributed by atoms with E-state index in [9.17, 15) is 4.39 Å².